The second-order valence-electron chi connectivity index (χ2n) is 5.92. The predicted octanol–water partition coefficient (Wildman–Crippen LogP) is 2.50. The molecule has 16 heavy (non-hydrogen) atoms. The maximum atomic E-state index is 3.45. The van der Waals surface area contributed by atoms with Gasteiger partial charge in [-0.05, 0) is 57.7 Å². The third-order valence-electron chi connectivity index (χ3n) is 4.32. The molecule has 1 aliphatic heterocycles. The number of rotatable bonds is 4. The van der Waals surface area contributed by atoms with Crippen LogP contribution < -0.4 is 5.32 Å². The summed E-state index contributed by atoms with van der Waals surface area (Å²) >= 11 is 0. The van der Waals surface area contributed by atoms with Crippen LogP contribution in [0, 0.1) is 11.8 Å². The molecule has 1 aliphatic carbocycles. The van der Waals surface area contributed by atoms with E-state index in [1.54, 1.807) is 0 Å². The summed E-state index contributed by atoms with van der Waals surface area (Å²) in [7, 11) is 2.33. The number of hydrogen-bond acceptors (Lipinski definition) is 2. The lowest BCUT2D eigenvalue weighted by Gasteiger charge is -2.31. The van der Waals surface area contributed by atoms with Crippen molar-refractivity contribution in [3.63, 3.8) is 0 Å². The molecule has 0 amide bonds. The molecule has 0 spiro atoms. The van der Waals surface area contributed by atoms with Crippen molar-refractivity contribution in [3.8, 4) is 0 Å². The zero-order valence-corrected chi connectivity index (χ0v) is 10.9. The highest BCUT2D eigenvalue weighted by Gasteiger charge is 2.18. The molecule has 0 radical (unpaired) electrons. The highest BCUT2D eigenvalue weighted by molar-refractivity contribution is 4.74. The van der Waals surface area contributed by atoms with Crippen LogP contribution in [0.3, 0.4) is 0 Å². The summed E-state index contributed by atoms with van der Waals surface area (Å²) in [4.78, 5) is 2.60. The second-order valence-corrected chi connectivity index (χ2v) is 5.92. The van der Waals surface area contributed by atoms with Gasteiger partial charge in [0.2, 0.25) is 0 Å². The van der Waals surface area contributed by atoms with E-state index >= 15 is 0 Å². The minimum Gasteiger partial charge on any atom is -0.317 e. The van der Waals surface area contributed by atoms with Gasteiger partial charge < -0.3 is 10.2 Å². The van der Waals surface area contributed by atoms with E-state index in [1.807, 2.05) is 0 Å². The van der Waals surface area contributed by atoms with E-state index in [4.69, 9.17) is 0 Å². The molecule has 0 aromatic heterocycles. The molecule has 1 saturated heterocycles. The van der Waals surface area contributed by atoms with E-state index in [2.05, 4.69) is 17.3 Å². The van der Waals surface area contributed by atoms with Crippen LogP contribution in [0.4, 0.5) is 0 Å². The first-order valence-corrected chi connectivity index (χ1v) is 7.24. The number of piperidine rings is 1. The molecule has 1 heterocycles. The molecule has 0 atom stereocenters. The molecular weight excluding hydrogens is 196 g/mol. The van der Waals surface area contributed by atoms with Crippen LogP contribution in [0.15, 0.2) is 0 Å². The Kier molecular flexibility index (Phi) is 5.11. The Morgan fingerprint density at radius 2 is 1.44 bits per heavy atom. The molecule has 0 aromatic rings. The van der Waals surface area contributed by atoms with Crippen LogP contribution in [-0.2, 0) is 0 Å². The summed E-state index contributed by atoms with van der Waals surface area (Å²) < 4.78 is 0. The summed E-state index contributed by atoms with van der Waals surface area (Å²) in [5.74, 6) is 1.95. The van der Waals surface area contributed by atoms with Gasteiger partial charge in [-0.3, -0.25) is 0 Å². The van der Waals surface area contributed by atoms with Gasteiger partial charge in [-0.1, -0.05) is 19.3 Å². The highest BCUT2D eigenvalue weighted by atomic mass is 15.1. The Morgan fingerprint density at radius 3 is 2.06 bits per heavy atom. The lowest BCUT2D eigenvalue weighted by atomic mass is 9.88. The van der Waals surface area contributed by atoms with E-state index < -0.39 is 0 Å². The Morgan fingerprint density at radius 1 is 0.875 bits per heavy atom. The van der Waals surface area contributed by atoms with Crippen molar-refractivity contribution >= 4 is 0 Å². The van der Waals surface area contributed by atoms with E-state index in [0.29, 0.717) is 0 Å². The summed E-state index contributed by atoms with van der Waals surface area (Å²) in [6.45, 7) is 5.16. The molecule has 1 saturated carbocycles. The maximum Gasteiger partial charge on any atom is 0.000767 e. The Labute approximate surface area is 101 Å². The minimum absolute atomic E-state index is 0.954. The first-order chi connectivity index (χ1) is 7.84. The molecular formula is C14H28N2. The smallest absolute Gasteiger partial charge is 0.000767 e. The van der Waals surface area contributed by atoms with Gasteiger partial charge in [0.15, 0.2) is 0 Å². The van der Waals surface area contributed by atoms with Crippen LogP contribution >= 0.6 is 0 Å². The van der Waals surface area contributed by atoms with Gasteiger partial charge in [-0.2, -0.15) is 0 Å². The SMILES string of the molecule is CN(CC1CCCCC1)CC1CCNCC1. The van der Waals surface area contributed by atoms with Gasteiger partial charge in [0, 0.05) is 13.1 Å². The van der Waals surface area contributed by atoms with Crippen LogP contribution in [0.2, 0.25) is 0 Å². The van der Waals surface area contributed by atoms with E-state index in [0.717, 1.165) is 11.8 Å². The summed E-state index contributed by atoms with van der Waals surface area (Å²) in [6.07, 6.45) is 10.2. The van der Waals surface area contributed by atoms with Gasteiger partial charge in [-0.15, -0.1) is 0 Å². The third-order valence-corrected chi connectivity index (χ3v) is 4.32. The Hall–Kier alpha value is -0.0800. The van der Waals surface area contributed by atoms with Crippen LogP contribution in [0.1, 0.15) is 44.9 Å². The average molecular weight is 224 g/mol. The zero-order chi connectivity index (χ0) is 11.2. The monoisotopic (exact) mass is 224 g/mol. The second kappa shape index (κ2) is 6.61. The highest BCUT2D eigenvalue weighted by Crippen LogP contribution is 2.24. The van der Waals surface area contributed by atoms with Crippen molar-refractivity contribution in [2.75, 3.05) is 33.2 Å². The first-order valence-electron chi connectivity index (χ1n) is 7.24. The molecule has 1 N–H and O–H groups in total. The van der Waals surface area contributed by atoms with Crippen molar-refractivity contribution in [1.82, 2.24) is 10.2 Å². The Balaban J connectivity index is 1.64. The molecule has 0 unspecified atom stereocenters. The Bertz CT molecular complexity index is 161. The van der Waals surface area contributed by atoms with E-state index in [1.165, 1.54) is 71.1 Å². The minimum atomic E-state index is 0.954. The maximum absolute atomic E-state index is 3.45. The van der Waals surface area contributed by atoms with Crippen molar-refractivity contribution in [3.05, 3.63) is 0 Å². The number of hydrogen-bond donors (Lipinski definition) is 1. The molecule has 2 rings (SSSR count). The average Bonchev–Trinajstić information content (AvgIpc) is 2.31. The lowest BCUT2D eigenvalue weighted by Crippen LogP contribution is -2.36. The van der Waals surface area contributed by atoms with Crippen molar-refractivity contribution in [2.24, 2.45) is 11.8 Å². The number of nitrogens with zero attached hydrogens (tertiary/aromatic N) is 1. The largest absolute Gasteiger partial charge is 0.317 e. The van der Waals surface area contributed by atoms with Gasteiger partial charge >= 0.3 is 0 Å². The number of nitrogens with one attached hydrogen (secondary N) is 1. The van der Waals surface area contributed by atoms with Gasteiger partial charge in [-0.25, -0.2) is 0 Å². The van der Waals surface area contributed by atoms with Crippen molar-refractivity contribution in [2.45, 2.75) is 44.9 Å². The predicted molar refractivity (Wildman–Crippen MR) is 69.7 cm³/mol. The fraction of sp³-hybridized carbons (Fsp3) is 1.00. The topological polar surface area (TPSA) is 15.3 Å². The van der Waals surface area contributed by atoms with Gasteiger partial charge in [0.25, 0.3) is 0 Å². The fourth-order valence-corrected chi connectivity index (χ4v) is 3.39. The quantitative estimate of drug-likeness (QED) is 0.789. The van der Waals surface area contributed by atoms with E-state index in [-0.39, 0.29) is 0 Å². The summed E-state index contributed by atoms with van der Waals surface area (Å²) in [6, 6.07) is 0. The molecule has 0 bridgehead atoms. The molecule has 2 fully saturated rings. The van der Waals surface area contributed by atoms with Crippen molar-refractivity contribution in [1.29, 1.82) is 0 Å². The fourth-order valence-electron chi connectivity index (χ4n) is 3.39. The van der Waals surface area contributed by atoms with Crippen LogP contribution in [-0.4, -0.2) is 38.1 Å². The first kappa shape index (κ1) is 12.4. The summed E-state index contributed by atoms with van der Waals surface area (Å²) in [5, 5.41) is 3.45. The van der Waals surface area contributed by atoms with E-state index in [9.17, 15) is 0 Å². The third kappa shape index (κ3) is 4.06. The molecule has 2 nitrogen and oxygen atoms in total. The van der Waals surface area contributed by atoms with Gasteiger partial charge in [0.05, 0.1) is 0 Å². The molecule has 94 valence electrons. The van der Waals surface area contributed by atoms with Crippen molar-refractivity contribution < 1.29 is 0 Å². The zero-order valence-electron chi connectivity index (χ0n) is 10.9. The molecule has 2 heteroatoms. The normalized spacial score (nSPS) is 25.1. The van der Waals surface area contributed by atoms with Crippen LogP contribution in [0.5, 0.6) is 0 Å². The lowest BCUT2D eigenvalue weighted by molar-refractivity contribution is 0.191. The summed E-state index contributed by atoms with van der Waals surface area (Å²) in [5.41, 5.74) is 0. The molecule has 0 aromatic carbocycles. The van der Waals surface area contributed by atoms with Crippen LogP contribution in [0.25, 0.3) is 0 Å². The van der Waals surface area contributed by atoms with Gasteiger partial charge in [0.1, 0.15) is 0 Å². The standard InChI is InChI=1S/C14H28N2/c1-16(11-13-5-3-2-4-6-13)12-14-7-9-15-10-8-14/h13-15H,2-12H2,1H3. The molecule has 2 aliphatic rings.